The average molecular weight is 194 g/mol. The van der Waals surface area contributed by atoms with Gasteiger partial charge in [0.25, 0.3) is 0 Å². The maximum absolute atomic E-state index is 9.34. The molecule has 0 aliphatic carbocycles. The Morgan fingerprint density at radius 1 is 1.36 bits per heavy atom. The fourth-order valence-electron chi connectivity index (χ4n) is 0. The van der Waals surface area contributed by atoms with E-state index in [2.05, 4.69) is 9.69 Å². The number of carbonyl (C=O) groups excluding carboxylic acids is 1. The van der Waals surface area contributed by atoms with Crippen molar-refractivity contribution in [3.05, 3.63) is 0 Å². The summed E-state index contributed by atoms with van der Waals surface area (Å²) in [5.41, 5.74) is 0. The summed E-state index contributed by atoms with van der Waals surface area (Å²) in [7, 11) is -2.06. The van der Waals surface area contributed by atoms with Gasteiger partial charge in [-0.15, -0.1) is 0 Å². The molecule has 0 aliphatic heterocycles. The van der Waals surface area contributed by atoms with Crippen molar-refractivity contribution in [3.8, 4) is 0 Å². The summed E-state index contributed by atoms with van der Waals surface area (Å²) in [6.07, 6.45) is 0. The van der Waals surface area contributed by atoms with Crippen molar-refractivity contribution in [1.29, 1.82) is 0 Å². The Bertz CT molecular complexity index is 86.5. The van der Waals surface area contributed by atoms with E-state index in [0.717, 1.165) is 6.92 Å². The molecule has 0 aromatic rings. The molecule has 9 heteroatoms. The van der Waals surface area contributed by atoms with Gasteiger partial charge in [0, 0.05) is 6.92 Å². The summed E-state index contributed by atoms with van der Waals surface area (Å²) in [6, 6.07) is 0. The summed E-state index contributed by atoms with van der Waals surface area (Å²) in [4.78, 5) is 15.3. The molecule has 0 saturated heterocycles. The third-order valence-corrected chi connectivity index (χ3v) is 0.223. The molecule has 11 heavy (non-hydrogen) atoms. The quantitative estimate of drug-likeness (QED) is 0.213. The molecule has 0 unspecified atom stereocenters. The van der Waals surface area contributed by atoms with Crippen molar-refractivity contribution in [2.24, 2.45) is 0 Å². The molecule has 0 fully saturated rings. The van der Waals surface area contributed by atoms with E-state index in [1.165, 1.54) is 0 Å². The van der Waals surface area contributed by atoms with Crippen molar-refractivity contribution in [3.63, 3.8) is 0 Å². The van der Waals surface area contributed by atoms with Crippen molar-refractivity contribution in [1.82, 2.24) is 0 Å². The van der Waals surface area contributed by atoms with Gasteiger partial charge in [0.1, 0.15) is 0 Å². The molecule has 0 saturated carbocycles. The van der Waals surface area contributed by atoms with Crippen molar-refractivity contribution in [2.45, 2.75) is 6.92 Å². The molecule has 0 radical (unpaired) electrons. The van der Waals surface area contributed by atoms with E-state index >= 15 is 0 Å². The molecular weight excluding hydrogens is 186 g/mol. The van der Waals surface area contributed by atoms with E-state index in [-0.39, 0.29) is 51.4 Å². The van der Waals surface area contributed by atoms with Crippen molar-refractivity contribution >= 4 is 64.7 Å². The van der Waals surface area contributed by atoms with Crippen LogP contribution in [0.3, 0.4) is 0 Å². The summed E-state index contributed by atoms with van der Waals surface area (Å²) in [5, 5.41) is 29.3. The van der Waals surface area contributed by atoms with Gasteiger partial charge in [0.2, 0.25) is 0 Å². The molecule has 0 amide bonds. The average Bonchev–Trinajstić information content (AvgIpc) is 1.89. The van der Waals surface area contributed by atoms with Crippen LogP contribution in [0, 0.1) is 0 Å². The van der Waals surface area contributed by atoms with Gasteiger partial charge in [-0.05, 0) is 0 Å². The van der Waals surface area contributed by atoms with Crippen LogP contribution < -0.4 is 0 Å². The zero-order valence-electron chi connectivity index (χ0n) is 5.09. The number of carbonyl (C=O) groups is 1. The van der Waals surface area contributed by atoms with Crippen LogP contribution in [0.25, 0.3) is 0 Å². The molecule has 7 nitrogen and oxygen atoms in total. The van der Waals surface area contributed by atoms with E-state index < -0.39 is 13.3 Å². The number of hydrogen-bond donors (Lipinski definition) is 4. The second-order valence-electron chi connectivity index (χ2n) is 1.01. The molecule has 0 aliphatic rings. The van der Waals surface area contributed by atoms with Gasteiger partial charge in [-0.25, -0.2) is 9.60 Å². The van der Waals surface area contributed by atoms with Gasteiger partial charge in [-0.3, -0.25) is 5.26 Å². The predicted molar refractivity (Wildman–Crippen MR) is 35.4 cm³/mol. The summed E-state index contributed by atoms with van der Waals surface area (Å²) in [6.45, 7) is 1.11. The Morgan fingerprint density at radius 3 is 1.55 bits per heavy atom. The zero-order valence-corrected chi connectivity index (χ0v) is 5.09. The van der Waals surface area contributed by atoms with Gasteiger partial charge in [-0.2, -0.15) is 5.26 Å². The summed E-state index contributed by atoms with van der Waals surface area (Å²) >= 11 is 0. The fourth-order valence-corrected chi connectivity index (χ4v) is 0. The molecule has 0 rings (SSSR count). The third-order valence-electron chi connectivity index (χ3n) is 0.223. The van der Waals surface area contributed by atoms with Crippen LogP contribution >= 0.6 is 0 Å². The van der Waals surface area contributed by atoms with Crippen LogP contribution in [0.1, 0.15) is 6.92 Å². The Labute approximate surface area is 105 Å². The van der Waals surface area contributed by atoms with E-state index in [1.807, 2.05) is 0 Å². The molecule has 0 heterocycles. The molecule has 0 atom stereocenters. The van der Waals surface area contributed by atoms with Gasteiger partial charge in [0.15, 0.2) is 0 Å². The van der Waals surface area contributed by atoms with E-state index in [4.69, 9.17) is 20.6 Å². The molecule has 0 bridgehead atoms. The molecule has 0 spiro atoms. The summed E-state index contributed by atoms with van der Waals surface area (Å²) in [5.74, 6) is -0.690. The minimum absolute atomic E-state index is 0. The standard InChI is InChI=1S/C2H4O3.BH3O4.K.H/c1-2(3)5-4;2-1(3)5-4;;/h4H,1H3;2-4H;;. The maximum atomic E-state index is 9.34. The predicted octanol–water partition coefficient (Wildman–Crippen LogP) is -2.18. The van der Waals surface area contributed by atoms with Crippen molar-refractivity contribution < 1.29 is 35.0 Å². The van der Waals surface area contributed by atoms with Gasteiger partial charge < -0.3 is 14.9 Å². The first-order valence-electron chi connectivity index (χ1n) is 2.03. The molecular formula is C2H8BKO7. The van der Waals surface area contributed by atoms with Gasteiger partial charge >= 0.3 is 64.7 Å². The molecule has 0 aromatic heterocycles. The fraction of sp³-hybridized carbons (Fsp3) is 0.500. The Balaban J connectivity index is -0.000000107. The van der Waals surface area contributed by atoms with Crippen LogP contribution in [0.4, 0.5) is 0 Å². The van der Waals surface area contributed by atoms with Crippen LogP contribution in [0.2, 0.25) is 0 Å². The Kier molecular flexibility index (Phi) is 22.1. The molecule has 62 valence electrons. The molecule has 4 N–H and O–H groups in total. The van der Waals surface area contributed by atoms with Crippen LogP contribution in [0.15, 0.2) is 0 Å². The first kappa shape index (κ1) is 17.9. The second-order valence-corrected chi connectivity index (χ2v) is 1.01. The van der Waals surface area contributed by atoms with Gasteiger partial charge in [0.05, 0.1) is 0 Å². The monoisotopic (exact) mass is 194 g/mol. The van der Waals surface area contributed by atoms with Crippen molar-refractivity contribution in [2.75, 3.05) is 0 Å². The first-order valence-corrected chi connectivity index (χ1v) is 2.03. The molecule has 0 aromatic carbocycles. The van der Waals surface area contributed by atoms with Crippen LogP contribution in [-0.2, 0) is 14.5 Å². The van der Waals surface area contributed by atoms with Crippen LogP contribution in [0.5, 0.6) is 0 Å². The SMILES string of the molecule is CC(=O)OO.OOB(O)O.[KH]. The zero-order chi connectivity index (χ0) is 8.57. The third kappa shape index (κ3) is 35.7. The first-order chi connectivity index (χ1) is 4.54. The number of rotatable bonds is 1. The van der Waals surface area contributed by atoms with Gasteiger partial charge in [-0.1, -0.05) is 0 Å². The minimum atomic E-state index is -2.06. The number of hydrogen-bond acceptors (Lipinski definition) is 7. The van der Waals surface area contributed by atoms with E-state index in [9.17, 15) is 4.79 Å². The van der Waals surface area contributed by atoms with E-state index in [0.29, 0.717) is 0 Å². The van der Waals surface area contributed by atoms with E-state index in [1.54, 1.807) is 0 Å². The topological polar surface area (TPSA) is 116 Å². The Hall–Kier alpha value is 0.971. The normalized spacial score (nSPS) is 6.64. The Morgan fingerprint density at radius 2 is 1.55 bits per heavy atom. The summed E-state index contributed by atoms with van der Waals surface area (Å²) < 4.78 is 0. The van der Waals surface area contributed by atoms with Crippen LogP contribution in [-0.4, -0.2) is 85.2 Å². The second kappa shape index (κ2) is 13.6.